The van der Waals surface area contributed by atoms with Gasteiger partial charge in [-0.05, 0) is 36.8 Å². The average Bonchev–Trinajstić information content (AvgIpc) is 3.15. The molecule has 2 fully saturated rings. The predicted octanol–water partition coefficient (Wildman–Crippen LogP) is 2.72. The number of piperazine rings is 1. The largest absolute Gasteiger partial charge is 0.494 e. The summed E-state index contributed by atoms with van der Waals surface area (Å²) in [4.78, 5) is 31.2. The second kappa shape index (κ2) is 9.83. The number of hydrogen-bond donors (Lipinski definition) is 1. The summed E-state index contributed by atoms with van der Waals surface area (Å²) in [7, 11) is 0. The molecule has 0 spiro atoms. The highest BCUT2D eigenvalue weighted by molar-refractivity contribution is 5.96. The number of benzene rings is 2. The summed E-state index contributed by atoms with van der Waals surface area (Å²) < 4.78 is 5.46. The van der Waals surface area contributed by atoms with Gasteiger partial charge in [0.25, 0.3) is 0 Å². The number of ether oxygens (including phenoxy) is 1. The number of carbonyl (C=O) groups excluding carboxylic acids is 2. The van der Waals surface area contributed by atoms with Crippen molar-refractivity contribution in [2.24, 2.45) is 0 Å². The molecule has 2 saturated heterocycles. The smallest absolute Gasteiger partial charge is 0.317 e. The first-order chi connectivity index (χ1) is 15.1. The molecule has 0 aliphatic carbocycles. The molecule has 2 aliphatic heterocycles. The maximum Gasteiger partial charge on any atom is 0.317 e. The van der Waals surface area contributed by atoms with Crippen LogP contribution in [0.15, 0.2) is 54.6 Å². The lowest BCUT2D eigenvalue weighted by Gasteiger charge is -2.35. The molecule has 2 aromatic rings. The van der Waals surface area contributed by atoms with Gasteiger partial charge in [0.2, 0.25) is 5.91 Å². The number of hydrogen-bond acceptors (Lipinski definition) is 4. The van der Waals surface area contributed by atoms with Gasteiger partial charge >= 0.3 is 6.03 Å². The number of anilines is 1. The Morgan fingerprint density at radius 1 is 1.03 bits per heavy atom. The molecule has 7 nitrogen and oxygen atoms in total. The van der Waals surface area contributed by atoms with Crippen LogP contribution in [0.25, 0.3) is 0 Å². The Hall–Kier alpha value is -3.06. The first-order valence-electron chi connectivity index (χ1n) is 11.0. The number of carbonyl (C=O) groups is 2. The zero-order valence-corrected chi connectivity index (χ0v) is 18.0. The second-order valence-corrected chi connectivity index (χ2v) is 8.03. The van der Waals surface area contributed by atoms with E-state index < -0.39 is 0 Å². The molecule has 164 valence electrons. The second-order valence-electron chi connectivity index (χ2n) is 8.03. The fourth-order valence-corrected chi connectivity index (χ4v) is 4.16. The number of nitrogens with one attached hydrogen (secondary N) is 1. The van der Waals surface area contributed by atoms with E-state index in [1.165, 1.54) is 5.56 Å². The Morgan fingerprint density at radius 2 is 1.74 bits per heavy atom. The van der Waals surface area contributed by atoms with Crippen LogP contribution in [0.2, 0.25) is 0 Å². The quantitative estimate of drug-likeness (QED) is 0.778. The van der Waals surface area contributed by atoms with Crippen LogP contribution >= 0.6 is 0 Å². The third-order valence-electron chi connectivity index (χ3n) is 5.82. The first-order valence-corrected chi connectivity index (χ1v) is 11.0. The van der Waals surface area contributed by atoms with Gasteiger partial charge in [-0.15, -0.1) is 0 Å². The molecule has 1 unspecified atom stereocenters. The van der Waals surface area contributed by atoms with E-state index in [1.54, 1.807) is 4.90 Å². The lowest BCUT2D eigenvalue weighted by atomic mass is 10.2. The topological polar surface area (TPSA) is 65.1 Å². The van der Waals surface area contributed by atoms with E-state index in [1.807, 2.05) is 42.2 Å². The maximum absolute atomic E-state index is 12.7. The number of nitrogens with zero attached hydrogens (tertiary/aromatic N) is 3. The summed E-state index contributed by atoms with van der Waals surface area (Å²) in [5, 5.41) is 3.06. The minimum Gasteiger partial charge on any atom is -0.494 e. The molecule has 0 saturated carbocycles. The highest BCUT2D eigenvalue weighted by atomic mass is 16.5. The van der Waals surface area contributed by atoms with Crippen LogP contribution in [0, 0.1) is 0 Å². The van der Waals surface area contributed by atoms with Crippen molar-refractivity contribution >= 4 is 17.6 Å². The Bertz CT molecular complexity index is 879. The van der Waals surface area contributed by atoms with Crippen molar-refractivity contribution in [1.29, 1.82) is 0 Å². The minimum atomic E-state index is -0.172. The van der Waals surface area contributed by atoms with Gasteiger partial charge in [0, 0.05) is 51.4 Å². The zero-order chi connectivity index (χ0) is 21.6. The van der Waals surface area contributed by atoms with Crippen molar-refractivity contribution in [3.8, 4) is 5.75 Å². The van der Waals surface area contributed by atoms with Crippen LogP contribution in [0.3, 0.4) is 0 Å². The fraction of sp³-hybridized carbons (Fsp3) is 0.417. The molecular weight excluding hydrogens is 392 g/mol. The van der Waals surface area contributed by atoms with Gasteiger partial charge in [0.15, 0.2) is 0 Å². The molecule has 1 atom stereocenters. The van der Waals surface area contributed by atoms with E-state index in [0.29, 0.717) is 32.7 Å². The predicted molar refractivity (Wildman–Crippen MR) is 120 cm³/mol. The van der Waals surface area contributed by atoms with Gasteiger partial charge in [0.05, 0.1) is 12.6 Å². The number of urea groups is 1. The van der Waals surface area contributed by atoms with E-state index >= 15 is 0 Å². The summed E-state index contributed by atoms with van der Waals surface area (Å²) in [6, 6.07) is 17.7. The minimum absolute atomic E-state index is 0.0298. The highest BCUT2D eigenvalue weighted by Gasteiger charge is 2.33. The van der Waals surface area contributed by atoms with Crippen molar-refractivity contribution in [1.82, 2.24) is 15.1 Å². The summed E-state index contributed by atoms with van der Waals surface area (Å²) >= 11 is 0. The Labute approximate surface area is 183 Å². The molecule has 2 aliphatic rings. The normalized spacial score (nSPS) is 19.5. The van der Waals surface area contributed by atoms with Crippen molar-refractivity contribution < 1.29 is 14.3 Å². The maximum atomic E-state index is 12.7. The Morgan fingerprint density at radius 3 is 2.42 bits per heavy atom. The lowest BCUT2D eigenvalue weighted by Crippen LogP contribution is -2.53. The van der Waals surface area contributed by atoms with Gasteiger partial charge in [0.1, 0.15) is 5.75 Å². The molecule has 31 heavy (non-hydrogen) atoms. The number of rotatable bonds is 6. The summed E-state index contributed by atoms with van der Waals surface area (Å²) in [5.41, 5.74) is 2.12. The van der Waals surface area contributed by atoms with Gasteiger partial charge in [-0.25, -0.2) is 4.79 Å². The highest BCUT2D eigenvalue weighted by Crippen LogP contribution is 2.24. The number of amides is 3. The molecule has 0 aromatic heterocycles. The van der Waals surface area contributed by atoms with Crippen molar-refractivity contribution in [2.75, 3.05) is 44.2 Å². The summed E-state index contributed by atoms with van der Waals surface area (Å²) in [5.74, 6) is 0.816. The van der Waals surface area contributed by atoms with Crippen LogP contribution in [-0.4, -0.2) is 67.1 Å². The molecule has 0 radical (unpaired) electrons. The molecule has 3 amide bonds. The van der Waals surface area contributed by atoms with Crippen LogP contribution in [0.5, 0.6) is 5.75 Å². The van der Waals surface area contributed by atoms with Crippen molar-refractivity contribution in [2.45, 2.75) is 25.9 Å². The fourth-order valence-electron chi connectivity index (χ4n) is 4.16. The molecule has 2 heterocycles. The molecule has 0 bridgehead atoms. The van der Waals surface area contributed by atoms with Crippen molar-refractivity contribution in [3.05, 3.63) is 60.2 Å². The monoisotopic (exact) mass is 422 g/mol. The van der Waals surface area contributed by atoms with E-state index in [9.17, 15) is 9.59 Å². The average molecular weight is 423 g/mol. The van der Waals surface area contributed by atoms with E-state index in [-0.39, 0.29) is 18.0 Å². The molecular formula is C24H30N4O3. The molecule has 1 N–H and O–H groups in total. The van der Waals surface area contributed by atoms with E-state index in [4.69, 9.17) is 4.74 Å². The van der Waals surface area contributed by atoms with E-state index in [2.05, 4.69) is 34.5 Å². The van der Waals surface area contributed by atoms with E-state index in [0.717, 1.165) is 31.1 Å². The van der Waals surface area contributed by atoms with Crippen LogP contribution in [-0.2, 0) is 11.3 Å². The van der Waals surface area contributed by atoms with Gasteiger partial charge in [-0.1, -0.05) is 30.3 Å². The van der Waals surface area contributed by atoms with Crippen LogP contribution < -0.4 is 15.0 Å². The molecule has 7 heteroatoms. The lowest BCUT2D eigenvalue weighted by molar-refractivity contribution is -0.117. The zero-order valence-electron chi connectivity index (χ0n) is 18.0. The Balaban J connectivity index is 1.25. The third kappa shape index (κ3) is 5.35. The van der Waals surface area contributed by atoms with Gasteiger partial charge in [-0.3, -0.25) is 9.69 Å². The van der Waals surface area contributed by atoms with Crippen molar-refractivity contribution in [3.63, 3.8) is 0 Å². The third-order valence-corrected chi connectivity index (χ3v) is 5.82. The SMILES string of the molecule is CCOc1ccc(N2CC(NC(=O)N3CCN(Cc4ccccc4)CC3)CC2=O)cc1. The first kappa shape index (κ1) is 21.2. The standard InChI is InChI=1S/C24H30N4O3/c1-2-31-22-10-8-21(9-11-22)28-18-20(16-23(28)29)25-24(30)27-14-12-26(13-15-27)17-19-6-4-3-5-7-19/h3-11,20H,2,12-18H2,1H3,(H,25,30). The van der Waals surface area contributed by atoms with Gasteiger partial charge in [-0.2, -0.15) is 0 Å². The van der Waals surface area contributed by atoms with Crippen LogP contribution in [0.1, 0.15) is 18.9 Å². The molecule has 4 rings (SSSR count). The van der Waals surface area contributed by atoms with Crippen LogP contribution in [0.4, 0.5) is 10.5 Å². The summed E-state index contributed by atoms with van der Waals surface area (Å²) in [6.45, 7) is 7.04. The van der Waals surface area contributed by atoms with Gasteiger partial charge < -0.3 is 19.9 Å². The molecule has 2 aromatic carbocycles. The Kier molecular flexibility index (Phi) is 6.72. The summed E-state index contributed by atoms with van der Waals surface area (Å²) in [6.07, 6.45) is 0.326.